The van der Waals surface area contributed by atoms with Gasteiger partial charge in [-0.1, -0.05) is 16.5 Å². The fraction of sp³-hybridized carbons (Fsp3) is 0.167. The normalized spacial score (nSPS) is 10.7. The zero-order valence-electron chi connectivity index (χ0n) is 5.74. The van der Waals surface area contributed by atoms with E-state index in [1.165, 1.54) is 17.6 Å². The number of ether oxygens (including phenoxy) is 1. The van der Waals surface area contributed by atoms with E-state index < -0.39 is 0 Å². The Morgan fingerprint density at radius 2 is 2.55 bits per heavy atom. The van der Waals surface area contributed by atoms with Crippen LogP contribution in [-0.4, -0.2) is 18.5 Å². The highest BCUT2D eigenvalue weighted by Crippen LogP contribution is 2.33. The van der Waals surface area contributed by atoms with Gasteiger partial charge in [0.2, 0.25) is 0 Å². The van der Waals surface area contributed by atoms with Crippen LogP contribution in [0.25, 0.3) is 0 Å². The summed E-state index contributed by atoms with van der Waals surface area (Å²) in [4.78, 5) is 0.844. The van der Waals surface area contributed by atoms with Crippen LogP contribution in [0, 0.1) is 0 Å². The molecule has 1 N–H and O–H groups in total. The van der Waals surface area contributed by atoms with E-state index in [1.807, 2.05) is 6.07 Å². The quantitative estimate of drug-likeness (QED) is 0.486. The lowest BCUT2D eigenvalue weighted by atomic mass is 10.5. The summed E-state index contributed by atoms with van der Waals surface area (Å²) < 4.78 is 5.88. The Balaban J connectivity index is 2.95. The summed E-state index contributed by atoms with van der Waals surface area (Å²) in [5.74, 6) is 0. The minimum atomic E-state index is 0.778. The van der Waals surface area contributed by atoms with E-state index in [-0.39, 0.29) is 0 Å². The number of oxime groups is 1. The molecule has 60 valence electrons. The van der Waals surface area contributed by atoms with Gasteiger partial charge in [0.15, 0.2) is 5.06 Å². The van der Waals surface area contributed by atoms with Gasteiger partial charge in [-0.3, -0.25) is 0 Å². The predicted octanol–water partition coefficient (Wildman–Crippen LogP) is 2.33. The molecule has 1 aromatic rings. The van der Waals surface area contributed by atoms with Crippen LogP contribution in [0.4, 0.5) is 0 Å². The van der Waals surface area contributed by atoms with Gasteiger partial charge >= 0.3 is 0 Å². The van der Waals surface area contributed by atoms with Crippen LogP contribution in [0.3, 0.4) is 0 Å². The van der Waals surface area contributed by atoms with Gasteiger partial charge in [-0.25, -0.2) is 0 Å². The van der Waals surface area contributed by atoms with Crippen molar-refractivity contribution in [3.63, 3.8) is 0 Å². The average molecular weight is 236 g/mol. The van der Waals surface area contributed by atoms with Crippen molar-refractivity contribution >= 4 is 33.5 Å². The van der Waals surface area contributed by atoms with Gasteiger partial charge in [-0.05, 0) is 22.0 Å². The molecule has 0 unspecified atom stereocenters. The third kappa shape index (κ3) is 1.94. The number of hydrogen-bond acceptors (Lipinski definition) is 4. The average Bonchev–Trinajstić information content (AvgIpc) is 2.32. The third-order valence-corrected chi connectivity index (χ3v) is 2.93. The first-order chi connectivity index (χ1) is 5.27. The highest BCUT2D eigenvalue weighted by atomic mass is 79.9. The molecule has 0 bridgehead atoms. The van der Waals surface area contributed by atoms with Gasteiger partial charge < -0.3 is 9.94 Å². The molecule has 0 spiro atoms. The van der Waals surface area contributed by atoms with Crippen molar-refractivity contribution in [2.24, 2.45) is 5.16 Å². The maximum absolute atomic E-state index is 8.21. The Morgan fingerprint density at radius 3 is 3.00 bits per heavy atom. The standard InChI is InChI=1S/C6H6BrNO2S/c1-10-6-5(7)2-4(11-6)3-8-9/h2-3,9H,1H3. The smallest absolute Gasteiger partial charge is 0.188 e. The molecule has 0 atom stereocenters. The number of halogens is 1. The second-order valence-electron chi connectivity index (χ2n) is 1.73. The van der Waals surface area contributed by atoms with E-state index in [4.69, 9.17) is 9.94 Å². The molecule has 0 aromatic carbocycles. The highest BCUT2D eigenvalue weighted by Gasteiger charge is 2.04. The SMILES string of the molecule is COc1sc(C=NO)cc1Br. The predicted molar refractivity (Wildman–Crippen MR) is 48.0 cm³/mol. The van der Waals surface area contributed by atoms with Crippen molar-refractivity contribution in [2.45, 2.75) is 0 Å². The van der Waals surface area contributed by atoms with Gasteiger partial charge in [0.1, 0.15) is 0 Å². The summed E-state index contributed by atoms with van der Waals surface area (Å²) in [7, 11) is 1.59. The van der Waals surface area contributed by atoms with Gasteiger partial charge in [0, 0.05) is 0 Å². The van der Waals surface area contributed by atoms with E-state index in [0.29, 0.717) is 0 Å². The van der Waals surface area contributed by atoms with E-state index in [1.54, 1.807) is 7.11 Å². The Kier molecular flexibility index (Phi) is 2.90. The van der Waals surface area contributed by atoms with E-state index in [9.17, 15) is 0 Å². The molecule has 0 aliphatic carbocycles. The third-order valence-electron chi connectivity index (χ3n) is 1.04. The molecule has 0 fully saturated rings. The molecule has 0 saturated carbocycles. The Hall–Kier alpha value is -0.550. The van der Waals surface area contributed by atoms with Gasteiger partial charge in [0.25, 0.3) is 0 Å². The van der Waals surface area contributed by atoms with E-state index >= 15 is 0 Å². The zero-order chi connectivity index (χ0) is 8.27. The van der Waals surface area contributed by atoms with Gasteiger partial charge in [-0.2, -0.15) is 0 Å². The second-order valence-corrected chi connectivity index (χ2v) is 3.63. The first kappa shape index (κ1) is 8.55. The minimum Gasteiger partial charge on any atom is -0.486 e. The Morgan fingerprint density at radius 1 is 1.82 bits per heavy atom. The van der Waals surface area contributed by atoms with Crippen LogP contribution in [0.1, 0.15) is 4.88 Å². The largest absolute Gasteiger partial charge is 0.486 e. The highest BCUT2D eigenvalue weighted by molar-refractivity contribution is 9.10. The molecule has 1 heterocycles. The van der Waals surface area contributed by atoms with E-state index in [0.717, 1.165) is 14.4 Å². The maximum Gasteiger partial charge on any atom is 0.188 e. The molecule has 3 nitrogen and oxygen atoms in total. The number of hydrogen-bond donors (Lipinski definition) is 1. The van der Waals surface area contributed by atoms with Crippen LogP contribution < -0.4 is 4.74 Å². The zero-order valence-corrected chi connectivity index (χ0v) is 8.15. The molecule has 11 heavy (non-hydrogen) atoms. The van der Waals surface area contributed by atoms with Crippen LogP contribution >= 0.6 is 27.3 Å². The number of nitrogens with zero attached hydrogens (tertiary/aromatic N) is 1. The molecule has 5 heteroatoms. The van der Waals surface area contributed by atoms with Crippen molar-refractivity contribution in [1.29, 1.82) is 0 Å². The summed E-state index contributed by atoms with van der Waals surface area (Å²) in [6.07, 6.45) is 1.36. The summed E-state index contributed by atoms with van der Waals surface area (Å²) in [6.45, 7) is 0. The molecule has 0 radical (unpaired) electrons. The van der Waals surface area contributed by atoms with Crippen molar-refractivity contribution in [3.05, 3.63) is 15.4 Å². The summed E-state index contributed by atoms with van der Waals surface area (Å²) in [5.41, 5.74) is 0. The van der Waals surface area contributed by atoms with Crippen LogP contribution in [-0.2, 0) is 0 Å². The van der Waals surface area contributed by atoms with Crippen LogP contribution in [0.15, 0.2) is 15.7 Å². The molecule has 0 aliphatic heterocycles. The van der Waals surface area contributed by atoms with Crippen LogP contribution in [0.2, 0.25) is 0 Å². The fourth-order valence-electron chi connectivity index (χ4n) is 0.629. The van der Waals surface area contributed by atoms with Gasteiger partial charge in [-0.15, -0.1) is 0 Å². The fourth-order valence-corrected chi connectivity index (χ4v) is 2.16. The lowest BCUT2D eigenvalue weighted by Gasteiger charge is -1.91. The minimum absolute atomic E-state index is 0.778. The summed E-state index contributed by atoms with van der Waals surface area (Å²) >= 11 is 4.70. The molecule has 0 saturated heterocycles. The molecular formula is C6H6BrNO2S. The number of rotatable bonds is 2. The second kappa shape index (κ2) is 3.73. The molecule has 1 rings (SSSR count). The Labute approximate surface area is 76.4 Å². The molecular weight excluding hydrogens is 230 g/mol. The van der Waals surface area contributed by atoms with Crippen molar-refractivity contribution in [3.8, 4) is 5.06 Å². The summed E-state index contributed by atoms with van der Waals surface area (Å²) in [6, 6.07) is 1.82. The lowest BCUT2D eigenvalue weighted by molar-refractivity contribution is 0.322. The van der Waals surface area contributed by atoms with E-state index in [2.05, 4.69) is 21.1 Å². The molecule has 0 amide bonds. The van der Waals surface area contributed by atoms with Crippen molar-refractivity contribution in [1.82, 2.24) is 0 Å². The monoisotopic (exact) mass is 235 g/mol. The number of methoxy groups -OCH3 is 1. The first-order valence-corrected chi connectivity index (χ1v) is 4.39. The molecule has 0 aliphatic rings. The lowest BCUT2D eigenvalue weighted by Crippen LogP contribution is -1.75. The van der Waals surface area contributed by atoms with Crippen molar-refractivity contribution < 1.29 is 9.94 Å². The summed E-state index contributed by atoms with van der Waals surface area (Å²) in [5, 5.41) is 11.9. The van der Waals surface area contributed by atoms with Gasteiger partial charge in [0.05, 0.1) is 22.7 Å². The maximum atomic E-state index is 8.21. The van der Waals surface area contributed by atoms with Crippen molar-refractivity contribution in [2.75, 3.05) is 7.11 Å². The Bertz CT molecular complexity index is 272. The topological polar surface area (TPSA) is 41.8 Å². The van der Waals surface area contributed by atoms with Crippen LogP contribution in [0.5, 0.6) is 5.06 Å². The molecule has 1 aromatic heterocycles. The number of thiophene rings is 1. The first-order valence-electron chi connectivity index (χ1n) is 2.78.